The van der Waals surface area contributed by atoms with Crippen molar-refractivity contribution in [3.63, 3.8) is 0 Å². The van der Waals surface area contributed by atoms with Crippen LogP contribution in [0.1, 0.15) is 13.8 Å². The van der Waals surface area contributed by atoms with E-state index in [1.54, 1.807) is 22.9 Å². The van der Waals surface area contributed by atoms with E-state index in [0.717, 1.165) is 5.56 Å². The van der Waals surface area contributed by atoms with Crippen LogP contribution >= 0.6 is 11.6 Å². The van der Waals surface area contributed by atoms with Crippen LogP contribution in [-0.4, -0.2) is 26.7 Å². The molecule has 0 aliphatic heterocycles. The Labute approximate surface area is 144 Å². The molecule has 0 fully saturated rings. The Balaban J connectivity index is 1.84. The third-order valence-electron chi connectivity index (χ3n) is 3.32. The van der Waals surface area contributed by atoms with Crippen molar-refractivity contribution in [1.29, 1.82) is 0 Å². The molecule has 0 unspecified atom stereocenters. The first-order valence-electron chi connectivity index (χ1n) is 7.57. The van der Waals surface area contributed by atoms with Gasteiger partial charge in [-0.3, -0.25) is 4.79 Å². The van der Waals surface area contributed by atoms with E-state index in [0.29, 0.717) is 22.4 Å². The van der Waals surface area contributed by atoms with E-state index < -0.39 is 0 Å². The zero-order chi connectivity index (χ0) is 17.1. The van der Waals surface area contributed by atoms with E-state index in [2.05, 4.69) is 15.5 Å². The van der Waals surface area contributed by atoms with Crippen LogP contribution in [0.15, 0.2) is 47.1 Å². The van der Waals surface area contributed by atoms with E-state index in [4.69, 9.17) is 16.1 Å². The van der Waals surface area contributed by atoms with Crippen LogP contribution in [0.5, 0.6) is 0 Å². The summed E-state index contributed by atoms with van der Waals surface area (Å²) in [5.74, 6) is 0.733. The number of rotatable bonds is 5. The molecule has 0 bridgehead atoms. The maximum absolute atomic E-state index is 12.0. The molecule has 124 valence electrons. The van der Waals surface area contributed by atoms with E-state index in [1.165, 1.54) is 0 Å². The summed E-state index contributed by atoms with van der Waals surface area (Å²) >= 11 is 5.99. The molecule has 1 amide bonds. The molecule has 0 saturated heterocycles. The van der Waals surface area contributed by atoms with Gasteiger partial charge in [-0.15, -0.1) is 0 Å². The number of amides is 1. The standard InChI is InChI=1S/C17H17ClN4O2/c1-11(2)19-15(23)10-22-8-4-7-14(22)17-20-16(21-24-17)12-5-3-6-13(18)9-12/h3-9,11H,10H2,1-2H3,(H,19,23). The molecular weight excluding hydrogens is 328 g/mol. The van der Waals surface area contributed by atoms with Crippen LogP contribution < -0.4 is 5.32 Å². The minimum absolute atomic E-state index is 0.0722. The summed E-state index contributed by atoms with van der Waals surface area (Å²) in [6, 6.07) is 11.0. The molecule has 0 saturated carbocycles. The predicted octanol–water partition coefficient (Wildman–Crippen LogP) is 3.38. The third-order valence-corrected chi connectivity index (χ3v) is 3.56. The van der Waals surface area contributed by atoms with Crippen LogP contribution in [0.25, 0.3) is 23.0 Å². The fraction of sp³-hybridized carbons (Fsp3) is 0.235. The maximum atomic E-state index is 12.0. The van der Waals surface area contributed by atoms with Gasteiger partial charge in [-0.1, -0.05) is 28.9 Å². The largest absolute Gasteiger partial charge is 0.352 e. The highest BCUT2D eigenvalue weighted by molar-refractivity contribution is 6.30. The molecule has 0 radical (unpaired) electrons. The van der Waals surface area contributed by atoms with Gasteiger partial charge in [0.25, 0.3) is 5.89 Å². The first-order chi connectivity index (χ1) is 11.5. The Morgan fingerprint density at radius 3 is 2.92 bits per heavy atom. The van der Waals surface area contributed by atoms with Gasteiger partial charge in [0.15, 0.2) is 0 Å². The topological polar surface area (TPSA) is 73.0 Å². The average Bonchev–Trinajstić information content (AvgIpc) is 3.14. The second kappa shape index (κ2) is 6.88. The van der Waals surface area contributed by atoms with E-state index >= 15 is 0 Å². The second-order valence-electron chi connectivity index (χ2n) is 5.68. The molecule has 0 atom stereocenters. The molecule has 0 aliphatic rings. The van der Waals surface area contributed by atoms with E-state index in [9.17, 15) is 4.79 Å². The first-order valence-corrected chi connectivity index (χ1v) is 7.95. The van der Waals surface area contributed by atoms with Crippen molar-refractivity contribution < 1.29 is 9.32 Å². The summed E-state index contributed by atoms with van der Waals surface area (Å²) in [6.45, 7) is 4.03. The fourth-order valence-corrected chi connectivity index (χ4v) is 2.53. The molecule has 1 aromatic carbocycles. The first kappa shape index (κ1) is 16.3. The van der Waals surface area contributed by atoms with Gasteiger partial charge < -0.3 is 14.4 Å². The van der Waals surface area contributed by atoms with Crippen molar-refractivity contribution in [3.05, 3.63) is 47.6 Å². The van der Waals surface area contributed by atoms with Crippen LogP contribution in [0, 0.1) is 0 Å². The second-order valence-corrected chi connectivity index (χ2v) is 6.11. The Bertz CT molecular complexity index is 854. The highest BCUT2D eigenvalue weighted by Crippen LogP contribution is 2.24. The van der Waals surface area contributed by atoms with Gasteiger partial charge in [0, 0.05) is 22.8 Å². The van der Waals surface area contributed by atoms with Gasteiger partial charge in [0.05, 0.1) is 0 Å². The Morgan fingerprint density at radius 2 is 2.17 bits per heavy atom. The fourth-order valence-electron chi connectivity index (χ4n) is 2.34. The molecule has 3 aromatic rings. The molecule has 0 spiro atoms. The predicted molar refractivity (Wildman–Crippen MR) is 91.4 cm³/mol. The quantitative estimate of drug-likeness (QED) is 0.770. The highest BCUT2D eigenvalue weighted by atomic mass is 35.5. The number of carbonyl (C=O) groups excluding carboxylic acids is 1. The lowest BCUT2D eigenvalue weighted by Crippen LogP contribution is -2.33. The summed E-state index contributed by atoms with van der Waals surface area (Å²) in [6.07, 6.45) is 1.80. The monoisotopic (exact) mass is 344 g/mol. The third kappa shape index (κ3) is 3.65. The number of carbonyl (C=O) groups is 1. The number of benzene rings is 1. The smallest absolute Gasteiger partial charge is 0.274 e. The molecule has 7 heteroatoms. The van der Waals surface area contributed by atoms with Crippen LogP contribution in [0.3, 0.4) is 0 Å². The van der Waals surface area contributed by atoms with Crippen molar-refractivity contribution in [2.75, 3.05) is 0 Å². The van der Waals surface area contributed by atoms with E-state index in [1.807, 2.05) is 38.1 Å². The summed E-state index contributed by atoms with van der Waals surface area (Å²) < 4.78 is 7.12. The molecule has 3 rings (SSSR count). The number of nitrogens with one attached hydrogen (secondary N) is 1. The van der Waals surface area contributed by atoms with Crippen LogP contribution in [0.2, 0.25) is 5.02 Å². The van der Waals surface area contributed by atoms with Crippen molar-refractivity contribution >= 4 is 17.5 Å². The number of aromatic nitrogens is 3. The Morgan fingerprint density at radius 1 is 1.33 bits per heavy atom. The van der Waals surface area contributed by atoms with Crippen molar-refractivity contribution in [2.45, 2.75) is 26.4 Å². The van der Waals surface area contributed by atoms with E-state index in [-0.39, 0.29) is 18.5 Å². The zero-order valence-corrected chi connectivity index (χ0v) is 14.1. The molecule has 2 aromatic heterocycles. The average molecular weight is 345 g/mol. The summed E-state index contributed by atoms with van der Waals surface area (Å²) in [4.78, 5) is 16.4. The SMILES string of the molecule is CC(C)NC(=O)Cn1cccc1-c1nc(-c2cccc(Cl)c2)no1. The number of hydrogen-bond acceptors (Lipinski definition) is 4. The number of nitrogens with zero attached hydrogens (tertiary/aromatic N) is 3. The molecule has 24 heavy (non-hydrogen) atoms. The van der Waals surface area contributed by atoms with Crippen molar-refractivity contribution in [2.24, 2.45) is 0 Å². The molecule has 6 nitrogen and oxygen atoms in total. The van der Waals surface area contributed by atoms with Gasteiger partial charge in [-0.05, 0) is 38.1 Å². The van der Waals surface area contributed by atoms with Gasteiger partial charge in [0.2, 0.25) is 11.7 Å². The summed E-state index contributed by atoms with van der Waals surface area (Å²) in [5, 5.41) is 7.45. The summed E-state index contributed by atoms with van der Waals surface area (Å²) in [7, 11) is 0. The zero-order valence-electron chi connectivity index (χ0n) is 13.4. The van der Waals surface area contributed by atoms with Gasteiger partial charge in [-0.2, -0.15) is 4.98 Å². The van der Waals surface area contributed by atoms with Gasteiger partial charge >= 0.3 is 0 Å². The lowest BCUT2D eigenvalue weighted by molar-refractivity contribution is -0.122. The Hall–Kier alpha value is -2.60. The van der Waals surface area contributed by atoms with Crippen molar-refractivity contribution in [1.82, 2.24) is 20.0 Å². The van der Waals surface area contributed by atoms with Gasteiger partial charge in [-0.25, -0.2) is 0 Å². The Kier molecular flexibility index (Phi) is 4.66. The number of hydrogen-bond donors (Lipinski definition) is 1. The maximum Gasteiger partial charge on any atom is 0.274 e. The summed E-state index contributed by atoms with van der Waals surface area (Å²) in [5.41, 5.74) is 1.46. The normalized spacial score (nSPS) is 11.0. The lowest BCUT2D eigenvalue weighted by atomic mass is 10.2. The minimum Gasteiger partial charge on any atom is -0.352 e. The lowest BCUT2D eigenvalue weighted by Gasteiger charge is -2.10. The van der Waals surface area contributed by atoms with Crippen molar-refractivity contribution in [3.8, 4) is 23.0 Å². The van der Waals surface area contributed by atoms with Crippen LogP contribution in [-0.2, 0) is 11.3 Å². The molecule has 2 heterocycles. The highest BCUT2D eigenvalue weighted by Gasteiger charge is 2.15. The minimum atomic E-state index is -0.0722. The van der Waals surface area contributed by atoms with Crippen LogP contribution in [0.4, 0.5) is 0 Å². The van der Waals surface area contributed by atoms with Gasteiger partial charge in [0.1, 0.15) is 12.2 Å². The molecule has 1 N–H and O–H groups in total. The molecular formula is C17H17ClN4O2. The molecule has 0 aliphatic carbocycles. The number of halogens is 1.